The predicted molar refractivity (Wildman–Crippen MR) is 71.4 cm³/mol. The lowest BCUT2D eigenvalue weighted by molar-refractivity contribution is -0.121. The molecule has 5 nitrogen and oxygen atoms in total. The zero-order valence-electron chi connectivity index (χ0n) is 10.3. The topological polar surface area (TPSA) is 66.9 Å². The van der Waals surface area contributed by atoms with Crippen LogP contribution in [0.15, 0.2) is 42.6 Å². The van der Waals surface area contributed by atoms with Gasteiger partial charge in [0.25, 0.3) is 0 Å². The van der Waals surface area contributed by atoms with Crippen LogP contribution in [0.3, 0.4) is 0 Å². The van der Waals surface area contributed by atoms with Gasteiger partial charge in [0.15, 0.2) is 0 Å². The fourth-order valence-corrected chi connectivity index (χ4v) is 2.18. The average Bonchev–Trinajstić information content (AvgIpc) is 2.90. The molecule has 0 saturated carbocycles. The van der Waals surface area contributed by atoms with Gasteiger partial charge in [-0.05, 0) is 23.8 Å². The van der Waals surface area contributed by atoms with Crippen LogP contribution < -0.4 is 10.6 Å². The van der Waals surface area contributed by atoms with Gasteiger partial charge < -0.3 is 10.6 Å². The Morgan fingerprint density at radius 2 is 2.21 bits per heavy atom. The molecule has 1 amide bonds. The lowest BCUT2D eigenvalue weighted by atomic mass is 10.1. The van der Waals surface area contributed by atoms with Crippen molar-refractivity contribution >= 4 is 11.6 Å². The van der Waals surface area contributed by atoms with E-state index in [9.17, 15) is 4.79 Å². The Hall–Kier alpha value is -2.43. The van der Waals surface area contributed by atoms with Gasteiger partial charge in [0.2, 0.25) is 5.91 Å². The number of rotatable bonds is 3. The summed E-state index contributed by atoms with van der Waals surface area (Å²) >= 11 is 0. The molecule has 0 radical (unpaired) electrons. The van der Waals surface area contributed by atoms with Crippen LogP contribution in [0.4, 0.5) is 5.69 Å². The molecule has 0 spiro atoms. The number of nitrogens with one attached hydrogen (secondary N) is 2. The van der Waals surface area contributed by atoms with Gasteiger partial charge in [-0.2, -0.15) is 10.2 Å². The van der Waals surface area contributed by atoms with Crippen LogP contribution in [0.2, 0.25) is 0 Å². The SMILES string of the molecule is O=C(NCc1cccnn1)C1Cc2ccccc2N1. The highest BCUT2D eigenvalue weighted by molar-refractivity contribution is 5.87. The second-order valence-corrected chi connectivity index (χ2v) is 4.49. The minimum Gasteiger partial charge on any atom is -0.373 e. The molecule has 3 rings (SSSR count). The molecule has 2 aromatic rings. The molecular formula is C14H14N4O. The fourth-order valence-electron chi connectivity index (χ4n) is 2.18. The van der Waals surface area contributed by atoms with Gasteiger partial charge in [0.1, 0.15) is 6.04 Å². The van der Waals surface area contributed by atoms with Crippen molar-refractivity contribution in [2.75, 3.05) is 5.32 Å². The Balaban J connectivity index is 1.58. The van der Waals surface area contributed by atoms with Gasteiger partial charge in [-0.25, -0.2) is 0 Å². The molecule has 2 N–H and O–H groups in total. The van der Waals surface area contributed by atoms with Crippen molar-refractivity contribution in [3.63, 3.8) is 0 Å². The largest absolute Gasteiger partial charge is 0.373 e. The third-order valence-electron chi connectivity index (χ3n) is 3.16. The van der Waals surface area contributed by atoms with Crippen LogP contribution >= 0.6 is 0 Å². The number of aromatic nitrogens is 2. The Morgan fingerprint density at radius 3 is 3.00 bits per heavy atom. The lowest BCUT2D eigenvalue weighted by Crippen LogP contribution is -2.38. The number of amides is 1. The molecule has 1 atom stereocenters. The second-order valence-electron chi connectivity index (χ2n) is 4.49. The van der Waals surface area contributed by atoms with E-state index in [2.05, 4.69) is 20.8 Å². The first-order chi connectivity index (χ1) is 9.33. The zero-order chi connectivity index (χ0) is 13.1. The maximum atomic E-state index is 12.1. The van der Waals surface area contributed by atoms with Crippen molar-refractivity contribution in [1.82, 2.24) is 15.5 Å². The highest BCUT2D eigenvalue weighted by atomic mass is 16.2. The first kappa shape index (κ1) is 11.6. The monoisotopic (exact) mass is 254 g/mol. The van der Waals surface area contributed by atoms with E-state index in [1.54, 1.807) is 12.3 Å². The Bertz CT molecular complexity index is 560. The van der Waals surface area contributed by atoms with Gasteiger partial charge in [-0.15, -0.1) is 0 Å². The summed E-state index contributed by atoms with van der Waals surface area (Å²) in [5.41, 5.74) is 2.98. The highest BCUT2D eigenvalue weighted by Crippen LogP contribution is 2.24. The van der Waals surface area contributed by atoms with Crippen LogP contribution in [-0.2, 0) is 17.8 Å². The fraction of sp³-hybridized carbons (Fsp3) is 0.214. The number of benzene rings is 1. The molecule has 2 heterocycles. The molecule has 96 valence electrons. The zero-order valence-corrected chi connectivity index (χ0v) is 10.3. The molecule has 0 fully saturated rings. The van der Waals surface area contributed by atoms with E-state index in [-0.39, 0.29) is 11.9 Å². The summed E-state index contributed by atoms with van der Waals surface area (Å²) in [6, 6.07) is 11.4. The van der Waals surface area contributed by atoms with E-state index in [0.29, 0.717) is 6.54 Å². The number of carbonyl (C=O) groups excluding carboxylic acids is 1. The van der Waals surface area contributed by atoms with Crippen LogP contribution in [0.1, 0.15) is 11.3 Å². The smallest absolute Gasteiger partial charge is 0.243 e. The minimum atomic E-state index is -0.200. The maximum Gasteiger partial charge on any atom is 0.243 e. The van der Waals surface area contributed by atoms with Crippen molar-refractivity contribution in [3.8, 4) is 0 Å². The summed E-state index contributed by atoms with van der Waals surface area (Å²) in [4.78, 5) is 12.1. The number of fused-ring (bicyclic) bond motifs is 1. The van der Waals surface area contributed by atoms with Crippen molar-refractivity contribution in [2.45, 2.75) is 19.0 Å². The van der Waals surface area contributed by atoms with Gasteiger partial charge in [0, 0.05) is 18.3 Å². The van der Waals surface area contributed by atoms with E-state index < -0.39 is 0 Å². The van der Waals surface area contributed by atoms with Crippen molar-refractivity contribution < 1.29 is 4.79 Å². The van der Waals surface area contributed by atoms with Crippen molar-refractivity contribution in [3.05, 3.63) is 53.9 Å². The van der Waals surface area contributed by atoms with Crippen molar-refractivity contribution in [2.24, 2.45) is 0 Å². The number of nitrogens with zero attached hydrogens (tertiary/aromatic N) is 2. The van der Waals surface area contributed by atoms with E-state index in [0.717, 1.165) is 17.8 Å². The summed E-state index contributed by atoms with van der Waals surface area (Å²) in [7, 11) is 0. The van der Waals surface area contributed by atoms with Gasteiger partial charge in [-0.1, -0.05) is 18.2 Å². The molecule has 5 heteroatoms. The molecule has 1 aromatic heterocycles. The van der Waals surface area contributed by atoms with Gasteiger partial charge >= 0.3 is 0 Å². The molecule has 0 saturated heterocycles. The molecule has 1 aliphatic heterocycles. The van der Waals surface area contributed by atoms with Crippen LogP contribution in [0.25, 0.3) is 0 Å². The quantitative estimate of drug-likeness (QED) is 0.861. The van der Waals surface area contributed by atoms with E-state index in [4.69, 9.17) is 0 Å². The number of hydrogen-bond donors (Lipinski definition) is 2. The summed E-state index contributed by atoms with van der Waals surface area (Å²) in [5.74, 6) is -0.0122. The standard InChI is InChI=1S/C14H14N4O/c19-14(15-9-11-5-3-7-16-18-11)13-8-10-4-1-2-6-12(10)17-13/h1-7,13,17H,8-9H2,(H,15,19). The number of para-hydroxylation sites is 1. The van der Waals surface area contributed by atoms with Crippen LogP contribution in [-0.4, -0.2) is 22.1 Å². The first-order valence-corrected chi connectivity index (χ1v) is 6.21. The van der Waals surface area contributed by atoms with Crippen LogP contribution in [0, 0.1) is 0 Å². The summed E-state index contributed by atoms with van der Waals surface area (Å²) in [6.45, 7) is 0.404. The molecular weight excluding hydrogens is 240 g/mol. The number of hydrogen-bond acceptors (Lipinski definition) is 4. The molecule has 0 bridgehead atoms. The van der Waals surface area contributed by atoms with E-state index >= 15 is 0 Å². The Kier molecular flexibility index (Phi) is 3.10. The maximum absolute atomic E-state index is 12.1. The summed E-state index contributed by atoms with van der Waals surface area (Å²) in [5, 5.41) is 13.8. The Labute approximate surface area is 111 Å². The third kappa shape index (κ3) is 2.54. The van der Waals surface area contributed by atoms with Gasteiger partial charge in [0.05, 0.1) is 12.2 Å². The van der Waals surface area contributed by atoms with Gasteiger partial charge in [-0.3, -0.25) is 4.79 Å². The number of anilines is 1. The minimum absolute atomic E-state index is 0.0122. The first-order valence-electron chi connectivity index (χ1n) is 6.21. The highest BCUT2D eigenvalue weighted by Gasteiger charge is 2.25. The van der Waals surface area contributed by atoms with E-state index in [1.807, 2.05) is 30.3 Å². The van der Waals surface area contributed by atoms with E-state index in [1.165, 1.54) is 5.56 Å². The third-order valence-corrected chi connectivity index (χ3v) is 3.16. The molecule has 19 heavy (non-hydrogen) atoms. The second kappa shape index (κ2) is 5.06. The molecule has 0 aliphatic carbocycles. The lowest BCUT2D eigenvalue weighted by Gasteiger charge is -2.11. The normalized spacial score (nSPS) is 16.5. The predicted octanol–water partition coefficient (Wildman–Crippen LogP) is 1.13. The average molecular weight is 254 g/mol. The molecule has 1 unspecified atom stereocenters. The Morgan fingerprint density at radius 1 is 1.32 bits per heavy atom. The molecule has 1 aromatic carbocycles. The summed E-state index contributed by atoms with van der Waals surface area (Å²) < 4.78 is 0. The van der Waals surface area contributed by atoms with Crippen molar-refractivity contribution in [1.29, 1.82) is 0 Å². The molecule has 1 aliphatic rings. The summed E-state index contributed by atoms with van der Waals surface area (Å²) in [6.07, 6.45) is 2.34. The van der Waals surface area contributed by atoms with Crippen LogP contribution in [0.5, 0.6) is 0 Å². The number of carbonyl (C=O) groups is 1.